The van der Waals surface area contributed by atoms with E-state index in [4.69, 9.17) is 4.74 Å². The van der Waals surface area contributed by atoms with E-state index in [0.29, 0.717) is 17.2 Å². The van der Waals surface area contributed by atoms with Crippen molar-refractivity contribution >= 4 is 15.7 Å². The normalized spacial score (nSPS) is 11.1. The molecule has 0 saturated heterocycles. The minimum absolute atomic E-state index is 0.234. The number of ether oxygens (including phenoxy) is 1. The largest absolute Gasteiger partial charge is 0.455 e. The van der Waals surface area contributed by atoms with Crippen molar-refractivity contribution in [2.45, 2.75) is 31.1 Å². The Bertz CT molecular complexity index is 968. The Hall–Kier alpha value is -2.79. The molecule has 5 heteroatoms. The van der Waals surface area contributed by atoms with Crippen molar-refractivity contribution in [3.05, 3.63) is 84.4 Å². The fourth-order valence-corrected chi connectivity index (χ4v) is 3.75. The van der Waals surface area contributed by atoms with Gasteiger partial charge in [0.15, 0.2) is 5.75 Å². The van der Waals surface area contributed by atoms with Gasteiger partial charge in [-0.25, -0.2) is 8.42 Å². The van der Waals surface area contributed by atoms with E-state index in [1.807, 2.05) is 42.5 Å². The molecule has 0 amide bonds. The molecule has 0 aliphatic carbocycles. The van der Waals surface area contributed by atoms with Gasteiger partial charge in [0.2, 0.25) is 0 Å². The van der Waals surface area contributed by atoms with Crippen LogP contribution in [0.1, 0.15) is 25.3 Å². The first-order valence-corrected chi connectivity index (χ1v) is 10.5. The van der Waals surface area contributed by atoms with Crippen LogP contribution in [0.3, 0.4) is 0 Å². The van der Waals surface area contributed by atoms with Gasteiger partial charge in [0.1, 0.15) is 5.75 Å². The van der Waals surface area contributed by atoms with Gasteiger partial charge in [-0.15, -0.1) is 0 Å². The second kappa shape index (κ2) is 8.73. The summed E-state index contributed by atoms with van der Waals surface area (Å²) in [6.07, 6.45) is 3.16. The van der Waals surface area contributed by atoms with Gasteiger partial charge < -0.3 is 4.74 Å². The summed E-state index contributed by atoms with van der Waals surface area (Å²) in [5.74, 6) is 1.09. The highest BCUT2D eigenvalue weighted by atomic mass is 32.2. The lowest BCUT2D eigenvalue weighted by molar-refractivity contribution is 0.485. The zero-order valence-electron chi connectivity index (χ0n) is 15.3. The zero-order valence-corrected chi connectivity index (χ0v) is 16.1. The minimum atomic E-state index is -3.70. The van der Waals surface area contributed by atoms with E-state index in [2.05, 4.69) is 11.6 Å². The van der Waals surface area contributed by atoms with Gasteiger partial charge in [0.25, 0.3) is 10.0 Å². The first-order valence-electron chi connectivity index (χ1n) is 9.02. The lowest BCUT2D eigenvalue weighted by Crippen LogP contribution is -2.13. The molecule has 0 bridgehead atoms. The number of sulfonamides is 1. The van der Waals surface area contributed by atoms with Gasteiger partial charge in [-0.1, -0.05) is 55.8 Å². The molecule has 0 unspecified atom stereocenters. The molecule has 0 radical (unpaired) electrons. The highest BCUT2D eigenvalue weighted by molar-refractivity contribution is 7.92. The average Bonchev–Trinajstić information content (AvgIpc) is 2.69. The molecule has 3 aromatic carbocycles. The van der Waals surface area contributed by atoms with Crippen LogP contribution in [-0.4, -0.2) is 8.42 Å². The lowest BCUT2D eigenvalue weighted by atomic mass is 10.1. The summed E-state index contributed by atoms with van der Waals surface area (Å²) in [5, 5.41) is 0. The SMILES string of the molecule is CCCCc1ccc(S(=O)(=O)Nc2ccccc2Oc2ccccc2)cc1. The standard InChI is InChI=1S/C22H23NO3S/c1-2-3-9-18-14-16-20(17-15-18)27(24,25)23-21-12-7-8-13-22(21)26-19-10-5-4-6-11-19/h4-8,10-17,23H,2-3,9H2,1H3. The predicted molar refractivity (Wildman–Crippen MR) is 109 cm³/mol. The number of benzene rings is 3. The van der Waals surface area contributed by atoms with Crippen molar-refractivity contribution in [1.82, 2.24) is 0 Å². The summed E-state index contributed by atoms with van der Waals surface area (Å²) in [6.45, 7) is 2.14. The van der Waals surface area contributed by atoms with Crippen LogP contribution >= 0.6 is 0 Å². The van der Waals surface area contributed by atoms with Crippen LogP contribution < -0.4 is 9.46 Å². The lowest BCUT2D eigenvalue weighted by Gasteiger charge is -2.13. The third kappa shape index (κ3) is 5.11. The van der Waals surface area contributed by atoms with Crippen LogP contribution in [0.5, 0.6) is 11.5 Å². The molecule has 4 nitrogen and oxygen atoms in total. The van der Waals surface area contributed by atoms with Crippen LogP contribution in [0.2, 0.25) is 0 Å². The fraction of sp³-hybridized carbons (Fsp3) is 0.182. The maximum Gasteiger partial charge on any atom is 0.262 e. The van der Waals surface area contributed by atoms with E-state index in [0.717, 1.165) is 24.8 Å². The molecule has 0 saturated carbocycles. The quantitative estimate of drug-likeness (QED) is 0.551. The number of aryl methyl sites for hydroxylation is 1. The predicted octanol–water partition coefficient (Wildman–Crippen LogP) is 5.62. The second-order valence-corrected chi connectivity index (χ2v) is 7.95. The number of hydrogen-bond donors (Lipinski definition) is 1. The fourth-order valence-electron chi connectivity index (χ4n) is 2.68. The first kappa shape index (κ1) is 19.0. The van der Waals surface area contributed by atoms with Crippen LogP contribution in [0.4, 0.5) is 5.69 Å². The van der Waals surface area contributed by atoms with Crippen molar-refractivity contribution in [3.8, 4) is 11.5 Å². The molecule has 0 atom stereocenters. The summed E-state index contributed by atoms with van der Waals surface area (Å²) in [5.41, 5.74) is 1.54. The Morgan fingerprint density at radius 2 is 1.52 bits per heavy atom. The van der Waals surface area contributed by atoms with Gasteiger partial charge >= 0.3 is 0 Å². The molecule has 0 spiro atoms. The number of hydrogen-bond acceptors (Lipinski definition) is 3. The van der Waals surface area contributed by atoms with E-state index >= 15 is 0 Å². The monoisotopic (exact) mass is 381 g/mol. The summed E-state index contributed by atoms with van der Waals surface area (Å²) in [6, 6.07) is 23.3. The number of anilines is 1. The molecule has 0 aliphatic rings. The van der Waals surface area contributed by atoms with E-state index < -0.39 is 10.0 Å². The maximum atomic E-state index is 12.8. The number of nitrogens with one attached hydrogen (secondary N) is 1. The van der Waals surface area contributed by atoms with Gasteiger partial charge in [-0.3, -0.25) is 4.72 Å². The van der Waals surface area contributed by atoms with Crippen LogP contribution in [-0.2, 0) is 16.4 Å². The third-order valence-electron chi connectivity index (χ3n) is 4.16. The molecular formula is C22H23NO3S. The van der Waals surface area contributed by atoms with E-state index in [1.165, 1.54) is 0 Å². The van der Waals surface area contributed by atoms with Crippen molar-refractivity contribution in [2.24, 2.45) is 0 Å². The Kier molecular flexibility index (Phi) is 6.14. The molecule has 27 heavy (non-hydrogen) atoms. The summed E-state index contributed by atoms with van der Waals surface area (Å²) < 4.78 is 34.0. The molecule has 3 rings (SSSR count). The highest BCUT2D eigenvalue weighted by Gasteiger charge is 2.16. The summed E-state index contributed by atoms with van der Waals surface area (Å²) in [7, 11) is -3.70. The van der Waals surface area contributed by atoms with Gasteiger partial charge in [-0.05, 0) is 54.8 Å². The molecule has 0 aliphatic heterocycles. The molecule has 3 aromatic rings. The first-order chi connectivity index (χ1) is 13.1. The second-order valence-electron chi connectivity index (χ2n) is 6.26. The number of para-hydroxylation sites is 3. The molecule has 0 heterocycles. The summed E-state index contributed by atoms with van der Waals surface area (Å²) >= 11 is 0. The smallest absolute Gasteiger partial charge is 0.262 e. The van der Waals surface area contributed by atoms with Gasteiger partial charge in [-0.2, -0.15) is 0 Å². The number of unbranched alkanes of at least 4 members (excludes halogenated alkanes) is 1. The summed E-state index contributed by atoms with van der Waals surface area (Å²) in [4.78, 5) is 0.234. The van der Waals surface area contributed by atoms with E-state index in [-0.39, 0.29) is 4.90 Å². The molecular weight excluding hydrogens is 358 g/mol. The van der Waals surface area contributed by atoms with Crippen LogP contribution in [0, 0.1) is 0 Å². The van der Waals surface area contributed by atoms with Crippen molar-refractivity contribution in [3.63, 3.8) is 0 Å². The van der Waals surface area contributed by atoms with Crippen LogP contribution in [0.25, 0.3) is 0 Å². The highest BCUT2D eigenvalue weighted by Crippen LogP contribution is 2.30. The number of rotatable bonds is 8. The zero-order chi connectivity index (χ0) is 19.1. The van der Waals surface area contributed by atoms with Crippen molar-refractivity contribution in [1.29, 1.82) is 0 Å². The third-order valence-corrected chi connectivity index (χ3v) is 5.54. The maximum absolute atomic E-state index is 12.8. The Morgan fingerprint density at radius 1 is 0.852 bits per heavy atom. The molecule has 0 aromatic heterocycles. The van der Waals surface area contributed by atoms with Crippen LogP contribution in [0.15, 0.2) is 83.8 Å². The minimum Gasteiger partial charge on any atom is -0.455 e. The average molecular weight is 381 g/mol. The van der Waals surface area contributed by atoms with Gasteiger partial charge in [0, 0.05) is 0 Å². The van der Waals surface area contributed by atoms with Gasteiger partial charge in [0.05, 0.1) is 10.6 Å². The molecule has 0 fully saturated rings. The Labute approximate surface area is 160 Å². The van der Waals surface area contributed by atoms with E-state index in [1.54, 1.807) is 36.4 Å². The van der Waals surface area contributed by atoms with E-state index in [9.17, 15) is 8.42 Å². The Balaban J connectivity index is 1.80. The molecule has 1 N–H and O–H groups in total. The van der Waals surface area contributed by atoms with Crippen molar-refractivity contribution in [2.75, 3.05) is 4.72 Å². The Morgan fingerprint density at radius 3 is 2.22 bits per heavy atom. The molecule has 140 valence electrons. The topological polar surface area (TPSA) is 55.4 Å². The van der Waals surface area contributed by atoms with Crippen molar-refractivity contribution < 1.29 is 13.2 Å².